The molecule has 0 amide bonds. The summed E-state index contributed by atoms with van der Waals surface area (Å²) in [6.07, 6.45) is 6.26. The Labute approximate surface area is 238 Å². The fourth-order valence-corrected chi connectivity index (χ4v) is 6.64. The number of halogens is 3. The Morgan fingerprint density at radius 2 is 1.90 bits per heavy atom. The second-order valence-electron chi connectivity index (χ2n) is 10.1. The topological polar surface area (TPSA) is 27.1 Å². The first kappa shape index (κ1) is 27.7. The van der Waals surface area contributed by atoms with Crippen LogP contribution in [-0.4, -0.2) is 16.2 Å². The summed E-state index contributed by atoms with van der Waals surface area (Å²) in [4.78, 5) is 5.04. The van der Waals surface area contributed by atoms with Crippen LogP contribution >= 0.6 is 23.4 Å². The molecular formula is C32H33ClF2N2OS. The quantitative estimate of drug-likeness (QED) is 0.141. The molecule has 39 heavy (non-hydrogen) atoms. The largest absolute Gasteiger partial charge is 0.493 e. The number of rotatable bonds is 10. The van der Waals surface area contributed by atoms with Gasteiger partial charge in [-0.05, 0) is 86.2 Å². The van der Waals surface area contributed by atoms with Gasteiger partial charge in [0.15, 0.2) is 5.16 Å². The van der Waals surface area contributed by atoms with Gasteiger partial charge in [0.2, 0.25) is 0 Å². The minimum atomic E-state index is -0.329. The van der Waals surface area contributed by atoms with Crippen LogP contribution in [0.15, 0.2) is 65.8 Å². The third-order valence-corrected chi connectivity index (χ3v) is 8.61. The van der Waals surface area contributed by atoms with Gasteiger partial charge in [0.1, 0.15) is 17.4 Å². The molecule has 0 fully saturated rings. The van der Waals surface area contributed by atoms with E-state index in [0.29, 0.717) is 16.3 Å². The second kappa shape index (κ2) is 12.6. The van der Waals surface area contributed by atoms with Crippen LogP contribution in [-0.2, 0) is 12.2 Å². The zero-order chi connectivity index (χ0) is 27.4. The molecule has 1 aliphatic carbocycles. The summed E-state index contributed by atoms with van der Waals surface area (Å²) in [7, 11) is 0. The fourth-order valence-electron chi connectivity index (χ4n) is 5.26. The minimum Gasteiger partial charge on any atom is -0.493 e. The molecule has 0 saturated heterocycles. The highest BCUT2D eigenvalue weighted by Crippen LogP contribution is 2.42. The van der Waals surface area contributed by atoms with E-state index in [2.05, 4.69) is 36.6 Å². The summed E-state index contributed by atoms with van der Waals surface area (Å²) in [5.74, 6) is 0.782. The fraction of sp³-hybridized carbons (Fsp3) is 0.344. The molecule has 0 aliphatic heterocycles. The average Bonchev–Trinajstić information content (AvgIpc) is 3.30. The molecule has 3 aromatic carbocycles. The predicted molar refractivity (Wildman–Crippen MR) is 155 cm³/mol. The highest BCUT2D eigenvalue weighted by atomic mass is 35.5. The van der Waals surface area contributed by atoms with Crippen LogP contribution in [0.5, 0.6) is 5.75 Å². The maximum absolute atomic E-state index is 14.5. The highest BCUT2D eigenvalue weighted by Gasteiger charge is 2.30. The van der Waals surface area contributed by atoms with E-state index >= 15 is 0 Å². The molecule has 7 heteroatoms. The van der Waals surface area contributed by atoms with Crippen LogP contribution < -0.4 is 4.74 Å². The summed E-state index contributed by atoms with van der Waals surface area (Å²) < 4.78 is 36.6. The predicted octanol–water partition coefficient (Wildman–Crippen LogP) is 9.44. The first-order chi connectivity index (χ1) is 19.0. The molecule has 0 saturated carbocycles. The Kier molecular flexibility index (Phi) is 8.93. The van der Waals surface area contributed by atoms with E-state index in [1.807, 2.05) is 0 Å². The van der Waals surface area contributed by atoms with Crippen molar-refractivity contribution in [1.29, 1.82) is 0 Å². The van der Waals surface area contributed by atoms with E-state index in [0.717, 1.165) is 65.8 Å². The van der Waals surface area contributed by atoms with Gasteiger partial charge < -0.3 is 4.74 Å². The van der Waals surface area contributed by atoms with Crippen molar-refractivity contribution in [3.05, 3.63) is 105 Å². The average molecular weight is 567 g/mol. The first-order valence-corrected chi connectivity index (χ1v) is 15.0. The van der Waals surface area contributed by atoms with Crippen molar-refractivity contribution in [2.24, 2.45) is 0 Å². The maximum Gasteiger partial charge on any atom is 0.173 e. The number of nitrogens with zero attached hydrogens (tertiary/aromatic N) is 2. The van der Waals surface area contributed by atoms with Gasteiger partial charge in [-0.3, -0.25) is 4.57 Å². The normalized spacial score (nSPS) is 14.8. The Morgan fingerprint density at radius 3 is 2.64 bits per heavy atom. The van der Waals surface area contributed by atoms with Crippen LogP contribution in [0.2, 0.25) is 5.02 Å². The lowest BCUT2D eigenvalue weighted by molar-refractivity contribution is 0.304. The zero-order valence-electron chi connectivity index (χ0n) is 22.4. The van der Waals surface area contributed by atoms with Crippen LogP contribution in [0.4, 0.5) is 8.78 Å². The molecule has 1 atom stereocenters. The number of ether oxygens (including phenoxy) is 1. The number of aryl methyl sites for hydroxylation is 2. The molecule has 1 aliphatic rings. The summed E-state index contributed by atoms with van der Waals surface area (Å²) >= 11 is 7.77. The number of benzene rings is 3. The summed E-state index contributed by atoms with van der Waals surface area (Å²) in [6, 6.07) is 17.7. The highest BCUT2D eigenvalue weighted by molar-refractivity contribution is 7.98. The van der Waals surface area contributed by atoms with Crippen molar-refractivity contribution >= 4 is 23.4 Å². The standard InChI is InChI=1S/C32H33ClF2N2OS/c1-3-4-5-18-38-30-17-12-22(19-21(30)2)25-8-6-11-29-31(25)37(24-15-13-23(34)14-16-24)32(36-29)39-20-26-27(33)9-7-10-28(26)35/h7,9-10,12-17,19,25H,3-6,8,11,18,20H2,1-2H3. The molecule has 4 aromatic rings. The lowest BCUT2D eigenvalue weighted by atomic mass is 9.83. The molecule has 1 aromatic heterocycles. The van der Waals surface area contributed by atoms with Crippen LogP contribution in [0.3, 0.4) is 0 Å². The summed E-state index contributed by atoms with van der Waals surface area (Å²) in [5.41, 5.74) is 5.78. The van der Waals surface area contributed by atoms with Gasteiger partial charge in [-0.25, -0.2) is 13.8 Å². The number of unbranched alkanes of at least 4 members (excludes halogenated alkanes) is 2. The van der Waals surface area contributed by atoms with E-state index in [4.69, 9.17) is 21.3 Å². The van der Waals surface area contributed by atoms with Crippen molar-refractivity contribution < 1.29 is 13.5 Å². The first-order valence-electron chi connectivity index (χ1n) is 13.6. The van der Waals surface area contributed by atoms with E-state index in [1.54, 1.807) is 24.3 Å². The van der Waals surface area contributed by atoms with Gasteiger partial charge >= 0.3 is 0 Å². The molecule has 0 radical (unpaired) electrons. The molecule has 204 valence electrons. The number of thioether (sulfide) groups is 1. The van der Waals surface area contributed by atoms with Crippen LogP contribution in [0.1, 0.15) is 73.0 Å². The van der Waals surface area contributed by atoms with Gasteiger partial charge in [0, 0.05) is 27.9 Å². The maximum atomic E-state index is 14.5. The third-order valence-electron chi connectivity index (χ3n) is 7.29. The number of fused-ring (bicyclic) bond motifs is 1. The van der Waals surface area contributed by atoms with Gasteiger partial charge in [-0.15, -0.1) is 0 Å². The molecule has 0 spiro atoms. The summed E-state index contributed by atoms with van der Waals surface area (Å²) in [6.45, 7) is 5.01. The van der Waals surface area contributed by atoms with Gasteiger partial charge in [0.05, 0.1) is 18.0 Å². The number of aromatic nitrogens is 2. The SMILES string of the molecule is CCCCCOc1ccc(C2CCCc3nc(SCc4c(F)cccc4Cl)n(-c4ccc(F)cc4)c32)cc1C. The smallest absolute Gasteiger partial charge is 0.173 e. The lowest BCUT2D eigenvalue weighted by Crippen LogP contribution is -2.15. The van der Waals surface area contributed by atoms with Crippen molar-refractivity contribution in [2.45, 2.75) is 69.2 Å². The van der Waals surface area contributed by atoms with E-state index in [1.165, 1.54) is 48.4 Å². The Hall–Kier alpha value is -2.83. The number of hydrogen-bond acceptors (Lipinski definition) is 3. The molecule has 0 bridgehead atoms. The van der Waals surface area contributed by atoms with Crippen molar-refractivity contribution in [1.82, 2.24) is 9.55 Å². The van der Waals surface area contributed by atoms with E-state index in [-0.39, 0.29) is 17.6 Å². The Balaban J connectivity index is 1.51. The molecule has 3 nitrogen and oxygen atoms in total. The van der Waals surface area contributed by atoms with Gasteiger partial charge in [-0.1, -0.05) is 61.3 Å². The van der Waals surface area contributed by atoms with Crippen LogP contribution in [0, 0.1) is 18.6 Å². The summed E-state index contributed by atoms with van der Waals surface area (Å²) in [5, 5.41) is 1.16. The van der Waals surface area contributed by atoms with E-state index in [9.17, 15) is 8.78 Å². The monoisotopic (exact) mass is 566 g/mol. The molecule has 0 N–H and O–H groups in total. The third kappa shape index (κ3) is 6.17. The molecule has 1 heterocycles. The molecule has 1 unspecified atom stereocenters. The molecule has 5 rings (SSSR count). The van der Waals surface area contributed by atoms with Crippen molar-refractivity contribution in [3.63, 3.8) is 0 Å². The van der Waals surface area contributed by atoms with Crippen LogP contribution in [0.25, 0.3) is 5.69 Å². The molecular weight excluding hydrogens is 534 g/mol. The zero-order valence-corrected chi connectivity index (χ0v) is 23.9. The van der Waals surface area contributed by atoms with Gasteiger partial charge in [-0.2, -0.15) is 0 Å². The Morgan fingerprint density at radius 1 is 1.08 bits per heavy atom. The lowest BCUT2D eigenvalue weighted by Gasteiger charge is -2.26. The minimum absolute atomic E-state index is 0.130. The van der Waals surface area contributed by atoms with E-state index < -0.39 is 0 Å². The number of imidazole rings is 1. The van der Waals surface area contributed by atoms with Crippen molar-refractivity contribution in [2.75, 3.05) is 6.61 Å². The second-order valence-corrected chi connectivity index (χ2v) is 11.4. The Bertz CT molecular complexity index is 1420. The van der Waals surface area contributed by atoms with Gasteiger partial charge in [0.25, 0.3) is 0 Å². The number of hydrogen-bond donors (Lipinski definition) is 0. The van der Waals surface area contributed by atoms with Crippen molar-refractivity contribution in [3.8, 4) is 11.4 Å².